The minimum Gasteiger partial charge on any atom is -0.479 e. The monoisotopic (exact) mass is 265 g/mol. The van der Waals surface area contributed by atoms with Gasteiger partial charge in [0.1, 0.15) is 0 Å². The van der Waals surface area contributed by atoms with E-state index < -0.39 is 43.7 Å². The second-order valence-corrected chi connectivity index (χ2v) is 2.77. The van der Waals surface area contributed by atoms with Crippen molar-refractivity contribution in [1.82, 2.24) is 5.32 Å². The highest BCUT2D eigenvalue weighted by Crippen LogP contribution is 2.14. The molecule has 0 aromatic carbocycles. The molecule has 1 atom stereocenters. The van der Waals surface area contributed by atoms with E-state index in [2.05, 4.69) is 4.74 Å². The van der Waals surface area contributed by atoms with E-state index in [-0.39, 0.29) is 0 Å². The van der Waals surface area contributed by atoms with Crippen LogP contribution in [0.25, 0.3) is 0 Å². The first-order chi connectivity index (χ1) is 7.64. The number of carbonyl (C=O) groups is 2. The number of nitrogens with one attached hydrogen (secondary N) is 1. The van der Waals surface area contributed by atoms with Gasteiger partial charge in [-0.25, -0.2) is 4.79 Å². The Bertz CT molecular complexity index is 280. The third-order valence-corrected chi connectivity index (χ3v) is 1.49. The second-order valence-electron chi connectivity index (χ2n) is 2.77. The smallest absolute Gasteiger partial charge is 0.471 e. The molecule has 100 valence electrons. The Labute approximate surface area is 91.5 Å². The molecule has 5 nitrogen and oxygen atoms in total. The lowest BCUT2D eigenvalue weighted by Gasteiger charge is -2.13. The number of aliphatic carboxylic acids is 1. The summed E-state index contributed by atoms with van der Waals surface area (Å²) in [5, 5.41) is 9.68. The second kappa shape index (κ2) is 6.33. The topological polar surface area (TPSA) is 75.6 Å². The maximum absolute atomic E-state index is 11.7. The van der Waals surface area contributed by atoms with Crippen LogP contribution in [0.3, 0.4) is 0 Å². The van der Waals surface area contributed by atoms with Crippen molar-refractivity contribution in [2.24, 2.45) is 0 Å². The van der Waals surface area contributed by atoms with Crippen molar-refractivity contribution in [3.8, 4) is 0 Å². The molecule has 0 radical (unpaired) electrons. The molecule has 1 amide bonds. The summed E-state index contributed by atoms with van der Waals surface area (Å²) in [6.07, 6.45) is -7.80. The molecule has 0 spiro atoms. The predicted octanol–water partition coefficient (Wildman–Crippen LogP) is 0.747. The first-order valence-electron chi connectivity index (χ1n) is 4.16. The average molecular weight is 265 g/mol. The number of carboxylic acids is 1. The number of carbonyl (C=O) groups excluding carboxylic acids is 1. The van der Waals surface area contributed by atoms with Gasteiger partial charge in [0.05, 0.1) is 0 Å². The van der Waals surface area contributed by atoms with Crippen molar-refractivity contribution in [3.63, 3.8) is 0 Å². The van der Waals surface area contributed by atoms with Crippen molar-refractivity contribution < 1.29 is 41.4 Å². The van der Waals surface area contributed by atoms with E-state index in [4.69, 9.17) is 5.11 Å². The molecule has 0 heterocycles. The van der Waals surface area contributed by atoms with Gasteiger partial charge >= 0.3 is 24.7 Å². The quantitative estimate of drug-likeness (QED) is 0.695. The summed E-state index contributed by atoms with van der Waals surface area (Å²) in [5.74, 6) is -4.04. The van der Waals surface area contributed by atoms with Gasteiger partial charge in [-0.3, -0.25) is 4.79 Å². The Balaban J connectivity index is 4.07. The number of rotatable bonds is 6. The van der Waals surface area contributed by atoms with Gasteiger partial charge in [-0.15, -0.1) is 0 Å². The third kappa shape index (κ3) is 6.66. The number of ether oxygens (including phenoxy) is 1. The van der Waals surface area contributed by atoms with Crippen LogP contribution in [0.4, 0.5) is 22.0 Å². The van der Waals surface area contributed by atoms with Crippen molar-refractivity contribution in [2.75, 3.05) is 6.54 Å². The van der Waals surface area contributed by atoms with Crippen LogP contribution in [0, 0.1) is 0 Å². The number of halogens is 5. The van der Waals surface area contributed by atoms with Crippen LogP contribution in [-0.4, -0.2) is 42.4 Å². The van der Waals surface area contributed by atoms with Gasteiger partial charge in [-0.05, 0) is 0 Å². The summed E-state index contributed by atoms with van der Waals surface area (Å²) in [5.41, 5.74) is 0. The number of carboxylic acid groups (broad SMARTS) is 1. The number of hydrogen-bond donors (Lipinski definition) is 2. The van der Waals surface area contributed by atoms with Gasteiger partial charge in [0, 0.05) is 13.0 Å². The zero-order chi connectivity index (χ0) is 13.6. The van der Waals surface area contributed by atoms with Crippen LogP contribution in [0.1, 0.15) is 6.42 Å². The van der Waals surface area contributed by atoms with Crippen LogP contribution >= 0.6 is 0 Å². The lowest BCUT2D eigenvalue weighted by molar-refractivity contribution is -0.188. The minimum absolute atomic E-state index is 0.707. The minimum atomic E-state index is -5.11. The summed E-state index contributed by atoms with van der Waals surface area (Å²) in [7, 11) is 0. The van der Waals surface area contributed by atoms with Gasteiger partial charge in [-0.2, -0.15) is 22.0 Å². The highest BCUT2D eigenvalue weighted by molar-refractivity contribution is 5.81. The number of alkyl halides is 5. The summed E-state index contributed by atoms with van der Waals surface area (Å²) < 4.78 is 61.9. The number of amides is 1. The van der Waals surface area contributed by atoms with Crippen LogP contribution in [0.15, 0.2) is 0 Å². The fourth-order valence-electron chi connectivity index (χ4n) is 0.791. The SMILES string of the molecule is O=C(O)[C@H](CCNC(=O)C(F)(F)F)OC(F)F. The molecule has 17 heavy (non-hydrogen) atoms. The molecule has 0 saturated heterocycles. The maximum atomic E-state index is 11.7. The molecule has 0 saturated carbocycles. The van der Waals surface area contributed by atoms with Crippen LogP contribution in [0.2, 0.25) is 0 Å². The lowest BCUT2D eigenvalue weighted by Crippen LogP contribution is -2.39. The normalized spacial score (nSPS) is 13.5. The van der Waals surface area contributed by atoms with E-state index in [0.29, 0.717) is 0 Å². The Morgan fingerprint density at radius 2 is 1.82 bits per heavy atom. The van der Waals surface area contributed by atoms with E-state index in [9.17, 15) is 31.5 Å². The summed E-state index contributed by atoms with van der Waals surface area (Å²) in [6, 6.07) is 0. The van der Waals surface area contributed by atoms with Crippen molar-refractivity contribution in [2.45, 2.75) is 25.3 Å². The standard InChI is InChI=1S/C7H8F5NO4/c8-6(9)17-3(4(14)15)1-2-13-5(16)7(10,11)12/h3,6H,1-2H2,(H,13,16)(H,14,15)/t3-/m0/s1. The zero-order valence-electron chi connectivity index (χ0n) is 8.13. The molecule has 2 N–H and O–H groups in total. The fraction of sp³-hybridized carbons (Fsp3) is 0.714. The Morgan fingerprint density at radius 1 is 1.29 bits per heavy atom. The molecule has 0 aromatic rings. The molecule has 0 aliphatic rings. The van der Waals surface area contributed by atoms with E-state index in [1.807, 2.05) is 0 Å². The van der Waals surface area contributed by atoms with Gasteiger partial charge in [0.25, 0.3) is 0 Å². The van der Waals surface area contributed by atoms with Crippen LogP contribution in [0.5, 0.6) is 0 Å². The Kier molecular flexibility index (Phi) is 5.79. The van der Waals surface area contributed by atoms with Crippen LogP contribution < -0.4 is 5.32 Å². The highest BCUT2D eigenvalue weighted by Gasteiger charge is 2.38. The first kappa shape index (κ1) is 15.5. The molecule has 10 heteroatoms. The molecule has 0 aliphatic carbocycles. The van der Waals surface area contributed by atoms with Crippen molar-refractivity contribution in [1.29, 1.82) is 0 Å². The summed E-state index contributed by atoms with van der Waals surface area (Å²) >= 11 is 0. The molecule has 0 aromatic heterocycles. The van der Waals surface area contributed by atoms with E-state index in [1.165, 1.54) is 5.32 Å². The molecule has 0 bridgehead atoms. The molecule has 0 fully saturated rings. The molecular weight excluding hydrogens is 257 g/mol. The van der Waals surface area contributed by atoms with E-state index in [0.717, 1.165) is 0 Å². The van der Waals surface area contributed by atoms with Crippen molar-refractivity contribution >= 4 is 11.9 Å². The molecular formula is C7H8F5NO4. The molecule has 0 aliphatic heterocycles. The molecule has 0 unspecified atom stereocenters. The Hall–Kier alpha value is -1.45. The summed E-state index contributed by atoms with van der Waals surface area (Å²) in [4.78, 5) is 20.6. The highest BCUT2D eigenvalue weighted by atomic mass is 19.4. The summed E-state index contributed by atoms with van der Waals surface area (Å²) in [6.45, 7) is -4.11. The lowest BCUT2D eigenvalue weighted by atomic mass is 10.2. The van der Waals surface area contributed by atoms with Gasteiger partial charge in [0.2, 0.25) is 0 Å². The average Bonchev–Trinajstić information content (AvgIpc) is 2.13. The largest absolute Gasteiger partial charge is 0.479 e. The van der Waals surface area contributed by atoms with Gasteiger partial charge < -0.3 is 15.2 Å². The van der Waals surface area contributed by atoms with Gasteiger partial charge in [-0.1, -0.05) is 0 Å². The first-order valence-corrected chi connectivity index (χ1v) is 4.16. The Morgan fingerprint density at radius 3 is 2.18 bits per heavy atom. The van der Waals surface area contributed by atoms with Crippen molar-refractivity contribution in [3.05, 3.63) is 0 Å². The predicted molar refractivity (Wildman–Crippen MR) is 42.2 cm³/mol. The third-order valence-electron chi connectivity index (χ3n) is 1.49. The van der Waals surface area contributed by atoms with Gasteiger partial charge in [0.15, 0.2) is 6.10 Å². The maximum Gasteiger partial charge on any atom is 0.471 e. The van der Waals surface area contributed by atoms with E-state index >= 15 is 0 Å². The fourth-order valence-corrected chi connectivity index (χ4v) is 0.791. The molecule has 0 rings (SSSR count). The van der Waals surface area contributed by atoms with Crippen LogP contribution in [-0.2, 0) is 14.3 Å². The van der Waals surface area contributed by atoms with E-state index in [1.54, 1.807) is 0 Å². The zero-order valence-corrected chi connectivity index (χ0v) is 8.13. The number of hydrogen-bond acceptors (Lipinski definition) is 3.